The highest BCUT2D eigenvalue weighted by atomic mass is 16.7. The van der Waals surface area contributed by atoms with Crippen LogP contribution in [0.15, 0.2) is 48.5 Å². The van der Waals surface area contributed by atoms with E-state index in [4.69, 9.17) is 14.2 Å². The summed E-state index contributed by atoms with van der Waals surface area (Å²) in [6.45, 7) is 10.6. The van der Waals surface area contributed by atoms with Gasteiger partial charge in [-0.25, -0.2) is 0 Å². The number of esters is 1. The quantitative estimate of drug-likeness (QED) is 0.505. The predicted molar refractivity (Wildman–Crippen MR) is 144 cm³/mol. The summed E-state index contributed by atoms with van der Waals surface area (Å²) in [4.78, 5) is 26.6. The second kappa shape index (κ2) is 11.9. The smallest absolute Gasteiger partial charge is 0.323 e. The number of amides is 1. The number of likely N-dealkylation sites (tertiary alicyclic amines) is 1. The van der Waals surface area contributed by atoms with E-state index in [0.29, 0.717) is 12.2 Å². The molecule has 2 aliphatic heterocycles. The number of benzene rings is 2. The van der Waals surface area contributed by atoms with Crippen molar-refractivity contribution < 1.29 is 28.9 Å². The molecule has 8 heteroatoms. The van der Waals surface area contributed by atoms with Crippen LogP contribution in [-0.2, 0) is 30.4 Å². The van der Waals surface area contributed by atoms with E-state index >= 15 is 0 Å². The van der Waals surface area contributed by atoms with E-state index in [1.54, 1.807) is 0 Å². The van der Waals surface area contributed by atoms with Gasteiger partial charge in [-0.3, -0.25) is 14.5 Å². The summed E-state index contributed by atoms with van der Waals surface area (Å²) in [7, 11) is 0. The van der Waals surface area contributed by atoms with E-state index in [1.807, 2.05) is 69.3 Å². The number of carbonyl (C=O) groups is 2. The summed E-state index contributed by atoms with van der Waals surface area (Å²) >= 11 is 0. The molecular weight excluding hydrogens is 484 g/mol. The molecule has 5 atom stereocenters. The van der Waals surface area contributed by atoms with Gasteiger partial charge in [-0.15, -0.1) is 0 Å². The van der Waals surface area contributed by atoms with E-state index in [9.17, 15) is 14.7 Å². The first kappa shape index (κ1) is 28.2. The minimum atomic E-state index is -0.618. The highest BCUT2D eigenvalue weighted by molar-refractivity contribution is 5.88. The third kappa shape index (κ3) is 6.99. The zero-order valence-electron chi connectivity index (χ0n) is 23.0. The Balaban J connectivity index is 1.57. The Kier molecular flexibility index (Phi) is 8.88. The van der Waals surface area contributed by atoms with Gasteiger partial charge in [0.25, 0.3) is 0 Å². The highest BCUT2D eigenvalue weighted by Gasteiger charge is 2.42. The van der Waals surface area contributed by atoms with Crippen LogP contribution < -0.4 is 5.32 Å². The second-order valence-corrected chi connectivity index (χ2v) is 11.3. The van der Waals surface area contributed by atoms with Gasteiger partial charge in [0.05, 0.1) is 18.8 Å². The van der Waals surface area contributed by atoms with Gasteiger partial charge in [-0.2, -0.15) is 0 Å². The molecule has 0 bridgehead atoms. The topological polar surface area (TPSA) is 97.3 Å². The number of hydrogen-bond acceptors (Lipinski definition) is 7. The number of aliphatic hydroxyl groups excluding tert-OH is 1. The van der Waals surface area contributed by atoms with Crippen LogP contribution >= 0.6 is 0 Å². The van der Waals surface area contributed by atoms with Gasteiger partial charge in [-0.05, 0) is 63.4 Å². The lowest BCUT2D eigenvalue weighted by atomic mass is 9.90. The third-order valence-corrected chi connectivity index (χ3v) is 7.08. The second-order valence-electron chi connectivity index (χ2n) is 11.3. The Morgan fingerprint density at radius 2 is 1.71 bits per heavy atom. The number of nitrogens with zero attached hydrogens (tertiary/aromatic N) is 1. The molecule has 8 nitrogen and oxygen atoms in total. The maximum absolute atomic E-state index is 13.0. The van der Waals surface area contributed by atoms with Crippen LogP contribution in [0.1, 0.15) is 76.5 Å². The highest BCUT2D eigenvalue weighted by Crippen LogP contribution is 2.42. The molecule has 0 radical (unpaired) electrons. The normalized spacial score (nSPS) is 26.2. The first-order valence-electron chi connectivity index (χ1n) is 13.4. The van der Waals surface area contributed by atoms with Crippen molar-refractivity contribution in [3.63, 3.8) is 0 Å². The first-order valence-corrected chi connectivity index (χ1v) is 13.4. The van der Waals surface area contributed by atoms with Crippen molar-refractivity contribution in [2.45, 2.75) is 84.2 Å². The lowest BCUT2D eigenvalue weighted by Gasteiger charge is -2.43. The number of anilines is 1. The molecule has 0 unspecified atom stereocenters. The summed E-state index contributed by atoms with van der Waals surface area (Å²) in [6, 6.07) is 15.0. The maximum Gasteiger partial charge on any atom is 0.323 e. The van der Waals surface area contributed by atoms with E-state index in [-0.39, 0.29) is 42.7 Å². The molecule has 4 rings (SSSR count). The SMILES string of the molecule is CC(=O)Nc1ccc([C@H]2O[C@@H](CN3CCC[C@H]3C(=O)OC(C)(C)C)[C@@H](C)[C@@H](c3ccc(CO)cc3)O2)cc1. The minimum Gasteiger partial charge on any atom is -0.459 e. The van der Waals surface area contributed by atoms with Crippen molar-refractivity contribution in [3.8, 4) is 0 Å². The molecule has 2 saturated heterocycles. The van der Waals surface area contributed by atoms with Gasteiger partial charge in [0.15, 0.2) is 6.29 Å². The molecule has 0 aromatic heterocycles. The van der Waals surface area contributed by atoms with Crippen molar-refractivity contribution in [1.82, 2.24) is 4.90 Å². The third-order valence-electron chi connectivity index (χ3n) is 7.08. The largest absolute Gasteiger partial charge is 0.459 e. The molecule has 0 aliphatic carbocycles. The van der Waals surface area contributed by atoms with Crippen molar-refractivity contribution in [1.29, 1.82) is 0 Å². The molecule has 2 heterocycles. The Morgan fingerprint density at radius 3 is 2.32 bits per heavy atom. The van der Waals surface area contributed by atoms with Crippen molar-refractivity contribution in [2.75, 3.05) is 18.4 Å². The number of aliphatic hydroxyl groups is 1. The molecular formula is C30H40N2O6. The summed E-state index contributed by atoms with van der Waals surface area (Å²) in [5, 5.41) is 12.3. The Bertz CT molecular complexity index is 1100. The van der Waals surface area contributed by atoms with E-state index in [2.05, 4.69) is 17.1 Å². The average Bonchev–Trinajstić information content (AvgIpc) is 3.33. The summed E-state index contributed by atoms with van der Waals surface area (Å²) in [5.74, 6) is -0.311. The van der Waals surface area contributed by atoms with Crippen LogP contribution in [0.4, 0.5) is 5.69 Å². The zero-order valence-corrected chi connectivity index (χ0v) is 23.0. The Labute approximate surface area is 225 Å². The van der Waals surface area contributed by atoms with Gasteiger partial charge in [0.1, 0.15) is 11.6 Å². The molecule has 2 fully saturated rings. The summed E-state index contributed by atoms with van der Waals surface area (Å²) in [5.41, 5.74) is 2.86. The number of carbonyl (C=O) groups excluding carboxylic acids is 2. The number of ether oxygens (including phenoxy) is 3. The molecule has 0 spiro atoms. The van der Waals surface area contributed by atoms with E-state index in [0.717, 1.165) is 36.1 Å². The standard InChI is InChI=1S/C30H40N2O6/c1-19-26(17-32-16-6-7-25(32)28(35)38-30(3,4)5)36-29(23-12-14-24(15-13-23)31-20(2)34)37-27(19)22-10-8-21(18-33)9-11-22/h8-15,19,25-27,29,33H,6-7,16-18H2,1-5H3,(H,31,34)/t19-,25+,26+,27+,29+/m1/s1. The van der Waals surface area contributed by atoms with Crippen molar-refractivity contribution >= 4 is 17.6 Å². The van der Waals surface area contributed by atoms with Crippen LogP contribution in [0.2, 0.25) is 0 Å². The summed E-state index contributed by atoms with van der Waals surface area (Å²) in [6.07, 6.45) is 0.639. The fourth-order valence-corrected chi connectivity index (χ4v) is 5.17. The number of nitrogens with one attached hydrogen (secondary N) is 1. The molecule has 2 N–H and O–H groups in total. The van der Waals surface area contributed by atoms with Crippen molar-refractivity contribution in [2.24, 2.45) is 5.92 Å². The Morgan fingerprint density at radius 1 is 1.05 bits per heavy atom. The molecule has 0 saturated carbocycles. The summed E-state index contributed by atoms with van der Waals surface area (Å²) < 4.78 is 18.8. The van der Waals surface area contributed by atoms with Gasteiger partial charge < -0.3 is 24.6 Å². The van der Waals surface area contributed by atoms with Crippen LogP contribution in [0.25, 0.3) is 0 Å². The van der Waals surface area contributed by atoms with Crippen molar-refractivity contribution in [3.05, 3.63) is 65.2 Å². The lowest BCUT2D eigenvalue weighted by molar-refractivity contribution is -0.276. The predicted octanol–water partition coefficient (Wildman–Crippen LogP) is 4.73. The zero-order chi connectivity index (χ0) is 27.4. The molecule has 206 valence electrons. The number of rotatable bonds is 7. The van der Waals surface area contributed by atoms with E-state index < -0.39 is 11.9 Å². The monoisotopic (exact) mass is 524 g/mol. The average molecular weight is 525 g/mol. The van der Waals surface area contributed by atoms with Gasteiger partial charge in [0.2, 0.25) is 5.91 Å². The van der Waals surface area contributed by atoms with Crippen LogP contribution in [0.5, 0.6) is 0 Å². The minimum absolute atomic E-state index is 0.00441. The van der Waals surface area contributed by atoms with Crippen LogP contribution in [0, 0.1) is 5.92 Å². The van der Waals surface area contributed by atoms with Gasteiger partial charge >= 0.3 is 5.97 Å². The lowest BCUT2D eigenvalue weighted by Crippen LogP contribution is -2.48. The van der Waals surface area contributed by atoms with Crippen LogP contribution in [0.3, 0.4) is 0 Å². The molecule has 2 aromatic rings. The molecule has 38 heavy (non-hydrogen) atoms. The maximum atomic E-state index is 13.0. The molecule has 1 amide bonds. The fourth-order valence-electron chi connectivity index (χ4n) is 5.17. The number of hydrogen-bond donors (Lipinski definition) is 2. The van der Waals surface area contributed by atoms with E-state index in [1.165, 1.54) is 6.92 Å². The molecule has 2 aromatic carbocycles. The molecule has 2 aliphatic rings. The fraction of sp³-hybridized carbons (Fsp3) is 0.533. The Hall–Kier alpha value is -2.78. The first-order chi connectivity index (χ1) is 18.0. The van der Waals surface area contributed by atoms with Gasteiger partial charge in [0, 0.05) is 30.6 Å². The van der Waals surface area contributed by atoms with Gasteiger partial charge in [-0.1, -0.05) is 43.3 Å². The van der Waals surface area contributed by atoms with Crippen LogP contribution in [-0.4, -0.2) is 52.7 Å².